The lowest BCUT2D eigenvalue weighted by Gasteiger charge is -2.36. The van der Waals surface area contributed by atoms with Gasteiger partial charge >= 0.3 is 0 Å². The van der Waals surface area contributed by atoms with Crippen molar-refractivity contribution in [1.82, 2.24) is 4.90 Å². The molecular formula is C13H20N2O2. The van der Waals surface area contributed by atoms with Crippen molar-refractivity contribution in [2.24, 2.45) is 5.73 Å². The third-order valence-corrected chi connectivity index (χ3v) is 3.47. The smallest absolute Gasteiger partial charge is 0.257 e. The van der Waals surface area contributed by atoms with Crippen molar-refractivity contribution in [2.75, 3.05) is 6.54 Å². The zero-order chi connectivity index (χ0) is 12.4. The second-order valence-electron chi connectivity index (χ2n) is 4.74. The predicted octanol–water partition coefficient (Wildman–Crippen LogP) is 1.79. The number of piperidine rings is 1. The molecule has 94 valence electrons. The fourth-order valence-electron chi connectivity index (χ4n) is 2.47. The number of nitrogens with zero attached hydrogens (tertiary/aromatic N) is 1. The standard InChI is InChI=1S/C13H20N2O2/c1-3-12-11(5-7-17-12)13(16)15-6-4-10(14)8-9(15)2/h5,7,9-10H,3-4,6,8,14H2,1-2H3. The summed E-state index contributed by atoms with van der Waals surface area (Å²) in [5, 5.41) is 0. The Morgan fingerprint density at radius 2 is 2.41 bits per heavy atom. The lowest BCUT2D eigenvalue weighted by molar-refractivity contribution is 0.0617. The summed E-state index contributed by atoms with van der Waals surface area (Å²) in [6, 6.07) is 2.21. The van der Waals surface area contributed by atoms with Gasteiger partial charge in [0.25, 0.3) is 5.91 Å². The van der Waals surface area contributed by atoms with Gasteiger partial charge in [-0.25, -0.2) is 0 Å². The van der Waals surface area contributed by atoms with E-state index in [1.165, 1.54) is 0 Å². The monoisotopic (exact) mass is 236 g/mol. The fraction of sp³-hybridized carbons (Fsp3) is 0.615. The molecule has 0 aliphatic carbocycles. The molecule has 0 aromatic carbocycles. The van der Waals surface area contributed by atoms with Crippen molar-refractivity contribution in [2.45, 2.75) is 45.2 Å². The van der Waals surface area contributed by atoms with Crippen LogP contribution >= 0.6 is 0 Å². The van der Waals surface area contributed by atoms with E-state index in [4.69, 9.17) is 10.2 Å². The minimum absolute atomic E-state index is 0.0787. The minimum Gasteiger partial charge on any atom is -0.469 e. The zero-order valence-electron chi connectivity index (χ0n) is 10.5. The van der Waals surface area contributed by atoms with Crippen LogP contribution in [-0.2, 0) is 6.42 Å². The lowest BCUT2D eigenvalue weighted by atomic mass is 9.98. The van der Waals surface area contributed by atoms with Gasteiger partial charge < -0.3 is 15.1 Å². The van der Waals surface area contributed by atoms with Crippen LogP contribution in [0.3, 0.4) is 0 Å². The summed E-state index contributed by atoms with van der Waals surface area (Å²) in [4.78, 5) is 14.3. The summed E-state index contributed by atoms with van der Waals surface area (Å²) in [6.45, 7) is 4.79. The first-order valence-electron chi connectivity index (χ1n) is 6.26. The second-order valence-corrected chi connectivity index (χ2v) is 4.74. The number of nitrogens with two attached hydrogens (primary N) is 1. The van der Waals surface area contributed by atoms with Crippen LogP contribution in [0.5, 0.6) is 0 Å². The molecule has 2 atom stereocenters. The van der Waals surface area contributed by atoms with Gasteiger partial charge in [-0.15, -0.1) is 0 Å². The number of aryl methyl sites for hydroxylation is 1. The second kappa shape index (κ2) is 4.92. The third kappa shape index (κ3) is 2.36. The Morgan fingerprint density at radius 3 is 3.06 bits per heavy atom. The molecule has 0 bridgehead atoms. The maximum Gasteiger partial charge on any atom is 0.257 e. The average molecular weight is 236 g/mol. The van der Waals surface area contributed by atoms with Crippen LogP contribution in [0.2, 0.25) is 0 Å². The molecule has 2 N–H and O–H groups in total. The van der Waals surface area contributed by atoms with E-state index in [0.29, 0.717) is 5.56 Å². The van der Waals surface area contributed by atoms with Crippen LogP contribution in [0.4, 0.5) is 0 Å². The molecule has 0 saturated carbocycles. The van der Waals surface area contributed by atoms with Crippen molar-refractivity contribution >= 4 is 5.91 Å². The molecule has 1 saturated heterocycles. The first-order chi connectivity index (χ1) is 8.13. The predicted molar refractivity (Wildman–Crippen MR) is 65.8 cm³/mol. The van der Waals surface area contributed by atoms with E-state index < -0.39 is 0 Å². The maximum absolute atomic E-state index is 12.4. The van der Waals surface area contributed by atoms with E-state index in [1.54, 1.807) is 12.3 Å². The summed E-state index contributed by atoms with van der Waals surface area (Å²) < 4.78 is 5.31. The number of hydrogen-bond donors (Lipinski definition) is 1. The molecule has 0 spiro atoms. The molecule has 1 aliphatic rings. The zero-order valence-corrected chi connectivity index (χ0v) is 10.5. The molecule has 1 fully saturated rings. The van der Waals surface area contributed by atoms with Gasteiger partial charge in [0.15, 0.2) is 0 Å². The van der Waals surface area contributed by atoms with Gasteiger partial charge in [-0.2, -0.15) is 0 Å². The summed E-state index contributed by atoms with van der Waals surface area (Å²) in [5.41, 5.74) is 6.61. The summed E-state index contributed by atoms with van der Waals surface area (Å²) in [5.74, 6) is 0.854. The number of carbonyl (C=O) groups is 1. The molecule has 0 radical (unpaired) electrons. The van der Waals surface area contributed by atoms with E-state index in [-0.39, 0.29) is 18.0 Å². The van der Waals surface area contributed by atoms with Gasteiger partial charge in [0.2, 0.25) is 0 Å². The van der Waals surface area contributed by atoms with Crippen LogP contribution in [0.1, 0.15) is 42.8 Å². The number of amides is 1. The van der Waals surface area contributed by atoms with Crippen LogP contribution in [-0.4, -0.2) is 29.4 Å². The number of furan rings is 1. The summed E-state index contributed by atoms with van der Waals surface area (Å²) in [6.07, 6.45) is 4.10. The highest BCUT2D eigenvalue weighted by Gasteiger charge is 2.29. The van der Waals surface area contributed by atoms with Gasteiger partial charge in [0.05, 0.1) is 11.8 Å². The SMILES string of the molecule is CCc1occc1C(=O)N1CCC(N)CC1C. The Labute approximate surface area is 102 Å². The first kappa shape index (κ1) is 12.2. The molecule has 2 heterocycles. The molecule has 1 amide bonds. The van der Waals surface area contributed by atoms with E-state index in [1.807, 2.05) is 11.8 Å². The van der Waals surface area contributed by atoms with Gasteiger partial charge in [0, 0.05) is 25.0 Å². The fourth-order valence-corrected chi connectivity index (χ4v) is 2.47. The van der Waals surface area contributed by atoms with Crippen molar-refractivity contribution in [3.8, 4) is 0 Å². The lowest BCUT2D eigenvalue weighted by Crippen LogP contribution is -2.48. The maximum atomic E-state index is 12.4. The molecule has 1 aromatic rings. The van der Waals surface area contributed by atoms with Gasteiger partial charge in [0.1, 0.15) is 5.76 Å². The quantitative estimate of drug-likeness (QED) is 0.851. The van der Waals surface area contributed by atoms with Gasteiger partial charge in [-0.1, -0.05) is 6.92 Å². The van der Waals surface area contributed by atoms with Crippen LogP contribution < -0.4 is 5.73 Å². The molecule has 4 heteroatoms. The molecule has 2 unspecified atom stereocenters. The van der Waals surface area contributed by atoms with E-state index in [9.17, 15) is 4.79 Å². The van der Waals surface area contributed by atoms with Crippen LogP contribution in [0.15, 0.2) is 16.7 Å². The van der Waals surface area contributed by atoms with Crippen molar-refractivity contribution in [3.63, 3.8) is 0 Å². The van der Waals surface area contributed by atoms with Crippen molar-refractivity contribution in [1.29, 1.82) is 0 Å². The highest BCUT2D eigenvalue weighted by atomic mass is 16.3. The minimum atomic E-state index is 0.0787. The molecular weight excluding hydrogens is 216 g/mol. The van der Waals surface area contributed by atoms with Gasteiger partial charge in [-0.05, 0) is 25.8 Å². The molecule has 1 aromatic heterocycles. The first-order valence-corrected chi connectivity index (χ1v) is 6.26. The van der Waals surface area contributed by atoms with E-state index in [2.05, 4.69) is 6.92 Å². The number of likely N-dealkylation sites (tertiary alicyclic amines) is 1. The topological polar surface area (TPSA) is 59.5 Å². The number of hydrogen-bond acceptors (Lipinski definition) is 3. The van der Waals surface area contributed by atoms with E-state index in [0.717, 1.165) is 31.6 Å². The highest BCUT2D eigenvalue weighted by molar-refractivity contribution is 5.95. The number of carbonyl (C=O) groups excluding carboxylic acids is 1. The average Bonchev–Trinajstić information content (AvgIpc) is 2.76. The molecule has 2 rings (SSSR count). The Morgan fingerprint density at radius 1 is 1.65 bits per heavy atom. The van der Waals surface area contributed by atoms with Crippen LogP contribution in [0.25, 0.3) is 0 Å². The Bertz CT molecular complexity index is 400. The van der Waals surface area contributed by atoms with E-state index >= 15 is 0 Å². The summed E-state index contributed by atoms with van der Waals surface area (Å²) in [7, 11) is 0. The normalized spacial score (nSPS) is 25.0. The molecule has 1 aliphatic heterocycles. The molecule has 17 heavy (non-hydrogen) atoms. The van der Waals surface area contributed by atoms with Gasteiger partial charge in [-0.3, -0.25) is 4.79 Å². The highest BCUT2D eigenvalue weighted by Crippen LogP contribution is 2.21. The van der Waals surface area contributed by atoms with Crippen molar-refractivity contribution in [3.05, 3.63) is 23.7 Å². The largest absolute Gasteiger partial charge is 0.469 e. The third-order valence-electron chi connectivity index (χ3n) is 3.47. The Balaban J connectivity index is 2.15. The molecule has 4 nitrogen and oxygen atoms in total. The number of rotatable bonds is 2. The summed E-state index contributed by atoms with van der Waals surface area (Å²) >= 11 is 0. The van der Waals surface area contributed by atoms with Crippen molar-refractivity contribution < 1.29 is 9.21 Å². The Hall–Kier alpha value is -1.29. The Kier molecular flexibility index (Phi) is 3.52. The van der Waals surface area contributed by atoms with Crippen LogP contribution in [0, 0.1) is 0 Å².